The Morgan fingerprint density at radius 2 is 1.96 bits per heavy atom. The van der Waals surface area contributed by atoms with Gasteiger partial charge in [0, 0.05) is 10.4 Å². The van der Waals surface area contributed by atoms with Gasteiger partial charge in [-0.25, -0.2) is 0 Å². The van der Waals surface area contributed by atoms with Crippen molar-refractivity contribution in [2.45, 2.75) is 59.3 Å². The topological polar surface area (TPSA) is 37.3 Å². The van der Waals surface area contributed by atoms with E-state index in [4.69, 9.17) is 11.6 Å². The number of carbonyl (C=O) groups excluding carboxylic acids is 1. The molecule has 0 spiro atoms. The van der Waals surface area contributed by atoms with Gasteiger partial charge in [-0.15, -0.1) is 0 Å². The van der Waals surface area contributed by atoms with E-state index in [1.807, 2.05) is 26.9 Å². The fraction of sp³-hybridized carbons (Fsp3) is 0.571. The summed E-state index contributed by atoms with van der Waals surface area (Å²) in [5.74, 6) is 1.69. The molecule has 2 saturated carbocycles. The zero-order chi connectivity index (χ0) is 18.4. The van der Waals surface area contributed by atoms with Gasteiger partial charge in [0.2, 0.25) is 0 Å². The first-order chi connectivity index (χ1) is 11.7. The quantitative estimate of drug-likeness (QED) is 0.495. The number of allylic oxidation sites excluding steroid dienone is 2. The van der Waals surface area contributed by atoms with E-state index in [0.29, 0.717) is 16.5 Å². The van der Waals surface area contributed by atoms with Crippen molar-refractivity contribution in [3.63, 3.8) is 0 Å². The summed E-state index contributed by atoms with van der Waals surface area (Å²) in [4.78, 5) is 12.5. The molecule has 0 heterocycles. The smallest absolute Gasteiger partial charge is 0.163 e. The number of rotatable bonds is 3. The lowest BCUT2D eigenvalue weighted by molar-refractivity contribution is -0.112. The Morgan fingerprint density at radius 1 is 1.28 bits per heavy atom. The number of aryl methyl sites for hydroxylation is 1. The summed E-state index contributed by atoms with van der Waals surface area (Å²) in [6.45, 7) is 5.65. The van der Waals surface area contributed by atoms with Crippen LogP contribution in [-0.4, -0.2) is 18.7 Å². The third-order valence-corrected chi connectivity index (χ3v) is 6.94. The monoisotopic (exact) mass is 358 g/mol. The molecule has 0 saturated heterocycles. The number of hydrogen-bond donors (Lipinski definition) is 1. The molecule has 0 amide bonds. The van der Waals surface area contributed by atoms with Gasteiger partial charge in [0.1, 0.15) is 13.6 Å². The molecule has 2 nitrogen and oxygen atoms in total. The number of hydrogen-bond acceptors (Lipinski definition) is 2. The molecular formula is C21H28BClO2. The van der Waals surface area contributed by atoms with E-state index < -0.39 is 0 Å². The molecule has 25 heavy (non-hydrogen) atoms. The summed E-state index contributed by atoms with van der Waals surface area (Å²) in [7, 11) is 1.96. The minimum Gasteiger partial charge on any atom is -0.511 e. The molecule has 2 aliphatic carbocycles. The number of carbonyl (C=O) groups is 1. The standard InChI is InChI=1S/C21H28BClO2/c1-12-9-17(22)18(23)10-16(12)19(13(2)24)20(25)21(3)8-7-14-5-4-6-15(14)11-21/h9-10,14-15,25H,4-8,11,22H2,1-3H3/b20-19-. The summed E-state index contributed by atoms with van der Waals surface area (Å²) < 4.78 is 0. The van der Waals surface area contributed by atoms with E-state index in [1.165, 1.54) is 19.3 Å². The Morgan fingerprint density at radius 3 is 2.64 bits per heavy atom. The third-order valence-electron chi connectivity index (χ3n) is 6.53. The van der Waals surface area contributed by atoms with Crippen molar-refractivity contribution in [2.24, 2.45) is 17.3 Å². The van der Waals surface area contributed by atoms with Crippen LogP contribution in [0.2, 0.25) is 5.02 Å². The van der Waals surface area contributed by atoms with Crippen molar-refractivity contribution in [3.8, 4) is 0 Å². The van der Waals surface area contributed by atoms with Gasteiger partial charge in [-0.1, -0.05) is 49.3 Å². The number of aliphatic hydroxyl groups excluding tert-OH is 1. The van der Waals surface area contributed by atoms with Crippen LogP contribution in [0.1, 0.15) is 63.5 Å². The molecule has 1 N–H and O–H groups in total. The van der Waals surface area contributed by atoms with Crippen molar-refractivity contribution in [2.75, 3.05) is 0 Å². The van der Waals surface area contributed by atoms with Gasteiger partial charge in [0.15, 0.2) is 5.78 Å². The fourth-order valence-corrected chi connectivity index (χ4v) is 5.21. The van der Waals surface area contributed by atoms with Crippen molar-refractivity contribution < 1.29 is 9.90 Å². The summed E-state index contributed by atoms with van der Waals surface area (Å²) in [6.07, 6.45) is 7.00. The number of fused-ring (bicyclic) bond motifs is 1. The lowest BCUT2D eigenvalue weighted by Gasteiger charge is -2.40. The predicted molar refractivity (Wildman–Crippen MR) is 107 cm³/mol. The van der Waals surface area contributed by atoms with Crippen molar-refractivity contribution >= 4 is 36.3 Å². The van der Waals surface area contributed by atoms with Crippen LogP contribution < -0.4 is 5.46 Å². The molecule has 3 atom stereocenters. The van der Waals surface area contributed by atoms with E-state index in [-0.39, 0.29) is 17.0 Å². The van der Waals surface area contributed by atoms with Gasteiger partial charge in [-0.05, 0) is 62.1 Å². The van der Waals surface area contributed by atoms with Crippen LogP contribution in [0.25, 0.3) is 5.57 Å². The van der Waals surface area contributed by atoms with Crippen molar-refractivity contribution in [1.82, 2.24) is 0 Å². The summed E-state index contributed by atoms with van der Waals surface area (Å²) in [5.41, 5.74) is 2.89. The molecule has 134 valence electrons. The zero-order valence-corrected chi connectivity index (χ0v) is 16.5. The van der Waals surface area contributed by atoms with E-state index >= 15 is 0 Å². The summed E-state index contributed by atoms with van der Waals surface area (Å²) >= 11 is 6.32. The maximum atomic E-state index is 12.5. The molecule has 3 rings (SSSR count). The highest BCUT2D eigenvalue weighted by Gasteiger charge is 2.43. The number of aliphatic hydroxyl groups is 1. The highest BCUT2D eigenvalue weighted by Crippen LogP contribution is 2.53. The Balaban J connectivity index is 2.07. The minimum atomic E-state index is -0.309. The largest absolute Gasteiger partial charge is 0.511 e. The molecule has 1 aromatic rings. The predicted octanol–water partition coefficient (Wildman–Crippen LogP) is 4.37. The average Bonchev–Trinajstić information content (AvgIpc) is 2.99. The highest BCUT2D eigenvalue weighted by atomic mass is 35.5. The second kappa shape index (κ2) is 6.83. The van der Waals surface area contributed by atoms with E-state index in [2.05, 4.69) is 6.92 Å². The lowest BCUT2D eigenvalue weighted by Crippen LogP contribution is -2.32. The average molecular weight is 359 g/mol. The van der Waals surface area contributed by atoms with Gasteiger partial charge in [0.25, 0.3) is 0 Å². The number of benzene rings is 1. The Bertz CT molecular complexity index is 740. The molecule has 4 heteroatoms. The maximum Gasteiger partial charge on any atom is 0.163 e. The molecule has 0 radical (unpaired) electrons. The van der Waals surface area contributed by atoms with Crippen molar-refractivity contribution in [3.05, 3.63) is 34.0 Å². The number of halogens is 1. The Kier molecular flexibility index (Phi) is 5.08. The SMILES string of the molecule is Bc1cc(C)c(/C(C(C)=O)=C(\O)C2(C)CCC3CCCC3C2)cc1Cl. The normalized spacial score (nSPS) is 29.9. The lowest BCUT2D eigenvalue weighted by atomic mass is 9.65. The highest BCUT2D eigenvalue weighted by molar-refractivity contribution is 6.45. The zero-order valence-electron chi connectivity index (χ0n) is 15.8. The van der Waals surface area contributed by atoms with Crippen LogP contribution in [0, 0.1) is 24.2 Å². The van der Waals surface area contributed by atoms with E-state index in [1.54, 1.807) is 6.92 Å². The van der Waals surface area contributed by atoms with Gasteiger partial charge in [-0.2, -0.15) is 0 Å². The maximum absolute atomic E-state index is 12.5. The van der Waals surface area contributed by atoms with Gasteiger partial charge < -0.3 is 5.11 Å². The first kappa shape index (κ1) is 18.6. The van der Waals surface area contributed by atoms with Crippen molar-refractivity contribution in [1.29, 1.82) is 0 Å². The van der Waals surface area contributed by atoms with Crippen LogP contribution in [0.4, 0.5) is 0 Å². The van der Waals surface area contributed by atoms with Crippen LogP contribution in [0.3, 0.4) is 0 Å². The van der Waals surface area contributed by atoms with E-state index in [0.717, 1.165) is 41.8 Å². The molecule has 3 unspecified atom stereocenters. The second-order valence-electron chi connectivity index (χ2n) is 8.45. The summed E-state index contributed by atoms with van der Waals surface area (Å²) in [6, 6.07) is 3.83. The van der Waals surface area contributed by atoms with E-state index in [9.17, 15) is 9.90 Å². The second-order valence-corrected chi connectivity index (χ2v) is 8.86. The number of Topliss-reactive ketones (excluding diaryl/α,β-unsaturated/α-hetero) is 1. The molecular weight excluding hydrogens is 330 g/mol. The fourth-order valence-electron chi connectivity index (χ4n) is 5.04. The van der Waals surface area contributed by atoms with Gasteiger partial charge >= 0.3 is 0 Å². The first-order valence-electron chi connectivity index (χ1n) is 9.44. The molecule has 2 aliphatic rings. The third kappa shape index (κ3) is 3.40. The minimum absolute atomic E-state index is 0.0877. The van der Waals surface area contributed by atoms with Crippen LogP contribution in [0.15, 0.2) is 17.9 Å². The van der Waals surface area contributed by atoms with Crippen LogP contribution in [0.5, 0.6) is 0 Å². The van der Waals surface area contributed by atoms with Gasteiger partial charge in [0.05, 0.1) is 5.57 Å². The Hall–Kier alpha value is -1.22. The molecule has 2 fully saturated rings. The first-order valence-corrected chi connectivity index (χ1v) is 9.82. The Labute approximate surface area is 157 Å². The molecule has 0 bridgehead atoms. The number of ketones is 1. The molecule has 1 aromatic carbocycles. The molecule has 0 aliphatic heterocycles. The van der Waals surface area contributed by atoms with Crippen LogP contribution >= 0.6 is 11.6 Å². The summed E-state index contributed by atoms with van der Waals surface area (Å²) in [5, 5.41) is 11.9. The van der Waals surface area contributed by atoms with Gasteiger partial charge in [-0.3, -0.25) is 4.79 Å². The molecule has 0 aromatic heterocycles. The van der Waals surface area contributed by atoms with Crippen LogP contribution in [-0.2, 0) is 4.79 Å².